The molecule has 0 bridgehead atoms. The highest BCUT2D eigenvalue weighted by molar-refractivity contribution is 5.19. The van der Waals surface area contributed by atoms with E-state index in [0.29, 0.717) is 0 Å². The molecular formula is C21H32. The van der Waals surface area contributed by atoms with Crippen molar-refractivity contribution in [1.82, 2.24) is 0 Å². The monoisotopic (exact) mass is 284 g/mol. The van der Waals surface area contributed by atoms with Gasteiger partial charge in [-0.3, -0.25) is 0 Å². The summed E-state index contributed by atoms with van der Waals surface area (Å²) in [6, 6.07) is 18.7. The van der Waals surface area contributed by atoms with Gasteiger partial charge < -0.3 is 0 Å². The van der Waals surface area contributed by atoms with Crippen LogP contribution >= 0.6 is 0 Å². The maximum absolute atomic E-state index is 2.25. The lowest BCUT2D eigenvalue weighted by Crippen LogP contribution is -1.81. The van der Waals surface area contributed by atoms with Crippen LogP contribution in [0.3, 0.4) is 0 Å². The van der Waals surface area contributed by atoms with Crippen molar-refractivity contribution < 1.29 is 0 Å². The lowest BCUT2D eigenvalue weighted by atomic mass is 10.1. The Morgan fingerprint density at radius 2 is 1.05 bits per heavy atom. The van der Waals surface area contributed by atoms with E-state index in [0.717, 1.165) is 5.92 Å². The van der Waals surface area contributed by atoms with E-state index < -0.39 is 0 Å². The smallest absolute Gasteiger partial charge is 0.0398 e. The molecule has 0 saturated heterocycles. The van der Waals surface area contributed by atoms with E-state index in [4.69, 9.17) is 0 Å². The molecule has 0 aliphatic heterocycles. The van der Waals surface area contributed by atoms with Gasteiger partial charge in [0.2, 0.25) is 0 Å². The molecule has 0 heteroatoms. The molecule has 0 fully saturated rings. The molecule has 0 atom stereocenters. The number of aryl methyl sites for hydroxylation is 3. The molecule has 2 aromatic carbocycles. The molecule has 2 aromatic rings. The Balaban J connectivity index is 0.000000290. The van der Waals surface area contributed by atoms with Crippen LogP contribution in [0, 0.1) is 26.7 Å². The summed E-state index contributed by atoms with van der Waals surface area (Å²) in [4.78, 5) is 0. The highest BCUT2D eigenvalue weighted by atomic mass is 13.9. The lowest BCUT2D eigenvalue weighted by Gasteiger charge is -1.95. The van der Waals surface area contributed by atoms with Gasteiger partial charge in [0.25, 0.3) is 0 Å². The van der Waals surface area contributed by atoms with Gasteiger partial charge >= 0.3 is 0 Å². The summed E-state index contributed by atoms with van der Waals surface area (Å²) in [5.41, 5.74) is 3.98. The minimum atomic E-state index is 0.898. The van der Waals surface area contributed by atoms with Crippen LogP contribution in [0.25, 0.3) is 0 Å². The molecule has 0 spiro atoms. The Bertz CT molecular complexity index is 416. The van der Waals surface area contributed by atoms with Crippen molar-refractivity contribution in [3.8, 4) is 0 Å². The summed E-state index contributed by atoms with van der Waals surface area (Å²) < 4.78 is 0. The first kappa shape index (κ1) is 19.4. The van der Waals surface area contributed by atoms with E-state index in [1.165, 1.54) is 29.5 Å². The van der Waals surface area contributed by atoms with Crippen LogP contribution in [0.15, 0.2) is 54.6 Å². The molecule has 21 heavy (non-hydrogen) atoms. The van der Waals surface area contributed by atoms with Crippen molar-refractivity contribution in [2.24, 2.45) is 5.92 Å². The van der Waals surface area contributed by atoms with Crippen molar-refractivity contribution in [2.75, 3.05) is 0 Å². The van der Waals surface area contributed by atoms with E-state index in [9.17, 15) is 0 Å². The Morgan fingerprint density at radius 1 is 0.667 bits per heavy atom. The zero-order chi connectivity index (χ0) is 16.1. The third-order valence-electron chi connectivity index (χ3n) is 3.02. The van der Waals surface area contributed by atoms with Crippen LogP contribution < -0.4 is 0 Å². The summed E-state index contributed by atoms with van der Waals surface area (Å²) in [5, 5.41) is 0. The minimum Gasteiger partial charge on any atom is -0.0654 e. The van der Waals surface area contributed by atoms with E-state index in [2.05, 4.69) is 77.9 Å². The first-order valence-electron chi connectivity index (χ1n) is 8.00. The molecule has 0 unspecified atom stereocenters. The molecule has 0 heterocycles. The first-order valence-corrected chi connectivity index (χ1v) is 8.00. The van der Waals surface area contributed by atoms with E-state index >= 15 is 0 Å². The molecule has 0 nitrogen and oxygen atoms in total. The fraction of sp³-hybridized carbons (Fsp3) is 0.429. The fourth-order valence-corrected chi connectivity index (χ4v) is 1.75. The zero-order valence-electron chi connectivity index (χ0n) is 14.7. The first-order chi connectivity index (χ1) is 9.95. The van der Waals surface area contributed by atoms with Gasteiger partial charge in [0.15, 0.2) is 0 Å². The second kappa shape index (κ2) is 12.2. The second-order valence-corrected chi connectivity index (χ2v) is 5.99. The third kappa shape index (κ3) is 13.2. The van der Waals surface area contributed by atoms with Gasteiger partial charge in [0, 0.05) is 0 Å². The molecule has 0 saturated carbocycles. The quantitative estimate of drug-likeness (QED) is 0.572. The number of hydrogen-bond donors (Lipinski definition) is 0. The highest BCUT2D eigenvalue weighted by Crippen LogP contribution is 2.00. The Labute approximate surface area is 132 Å². The van der Waals surface area contributed by atoms with Gasteiger partial charge in [0.1, 0.15) is 0 Å². The largest absolute Gasteiger partial charge is 0.0654 e. The summed E-state index contributed by atoms with van der Waals surface area (Å²) in [6.07, 6.45) is 2.71. The molecular weight excluding hydrogens is 252 g/mol. The summed E-state index contributed by atoms with van der Waals surface area (Å²) in [7, 11) is 0. The fourth-order valence-electron chi connectivity index (χ4n) is 1.75. The molecule has 0 aliphatic rings. The van der Waals surface area contributed by atoms with Crippen LogP contribution in [0.2, 0.25) is 0 Å². The van der Waals surface area contributed by atoms with Gasteiger partial charge in [-0.05, 0) is 26.7 Å². The topological polar surface area (TPSA) is 0 Å². The van der Waals surface area contributed by atoms with Crippen LogP contribution in [0.5, 0.6) is 0 Å². The number of rotatable bonds is 2. The van der Waals surface area contributed by atoms with Crippen molar-refractivity contribution in [1.29, 1.82) is 0 Å². The van der Waals surface area contributed by atoms with E-state index in [1.807, 2.05) is 18.2 Å². The maximum Gasteiger partial charge on any atom is -0.0398 e. The Kier molecular flexibility index (Phi) is 11.3. The average Bonchev–Trinajstić information content (AvgIpc) is 2.44. The maximum atomic E-state index is 2.25. The van der Waals surface area contributed by atoms with Crippen molar-refractivity contribution in [3.63, 3.8) is 0 Å². The third-order valence-corrected chi connectivity index (χ3v) is 3.02. The van der Waals surface area contributed by atoms with Crippen LogP contribution in [0.4, 0.5) is 0 Å². The molecule has 0 radical (unpaired) electrons. The van der Waals surface area contributed by atoms with E-state index in [1.54, 1.807) is 0 Å². The molecule has 2 rings (SSSR count). The molecule has 0 amide bonds. The average molecular weight is 284 g/mol. The van der Waals surface area contributed by atoms with Gasteiger partial charge in [-0.1, -0.05) is 105 Å². The van der Waals surface area contributed by atoms with E-state index in [-0.39, 0.29) is 0 Å². The van der Waals surface area contributed by atoms with Crippen LogP contribution in [-0.2, 0) is 0 Å². The SMILES string of the molecule is CCCC(C)C.Cc1ccc(C)cc1.Cc1ccccc1. The standard InChI is InChI=1S/C8H10.C7H8.C6H14/c1-7-3-5-8(2)6-4-7;1-7-5-3-2-4-6-7;1-4-5-6(2)3/h3-6H,1-2H3;2-6H,1H3;6H,4-5H2,1-3H3. The second-order valence-electron chi connectivity index (χ2n) is 5.99. The molecule has 0 N–H and O–H groups in total. The van der Waals surface area contributed by atoms with Crippen LogP contribution in [0.1, 0.15) is 50.3 Å². The summed E-state index contributed by atoms with van der Waals surface area (Å²) >= 11 is 0. The summed E-state index contributed by atoms with van der Waals surface area (Å²) in [6.45, 7) is 13.0. The number of benzene rings is 2. The zero-order valence-corrected chi connectivity index (χ0v) is 14.7. The highest BCUT2D eigenvalue weighted by Gasteiger charge is 1.85. The number of hydrogen-bond acceptors (Lipinski definition) is 0. The van der Waals surface area contributed by atoms with Crippen molar-refractivity contribution >= 4 is 0 Å². The van der Waals surface area contributed by atoms with Gasteiger partial charge in [-0.15, -0.1) is 0 Å². The Hall–Kier alpha value is -1.56. The lowest BCUT2D eigenvalue weighted by molar-refractivity contribution is 0.576. The predicted molar refractivity (Wildman–Crippen MR) is 96.8 cm³/mol. The molecule has 116 valence electrons. The normalized spacial score (nSPS) is 9.29. The van der Waals surface area contributed by atoms with Gasteiger partial charge in [-0.25, -0.2) is 0 Å². The van der Waals surface area contributed by atoms with Gasteiger partial charge in [0.05, 0.1) is 0 Å². The predicted octanol–water partition coefficient (Wildman–Crippen LogP) is 6.74. The minimum absolute atomic E-state index is 0.898. The molecule has 0 aliphatic carbocycles. The van der Waals surface area contributed by atoms with Crippen LogP contribution in [-0.4, -0.2) is 0 Å². The summed E-state index contributed by atoms with van der Waals surface area (Å²) in [5.74, 6) is 0.898. The Morgan fingerprint density at radius 3 is 1.24 bits per heavy atom. The van der Waals surface area contributed by atoms with Crippen molar-refractivity contribution in [3.05, 3.63) is 71.3 Å². The van der Waals surface area contributed by atoms with Crippen molar-refractivity contribution in [2.45, 2.75) is 54.4 Å². The van der Waals surface area contributed by atoms with Gasteiger partial charge in [-0.2, -0.15) is 0 Å². The molecule has 0 aromatic heterocycles.